The zero-order chi connectivity index (χ0) is 40.3. The van der Waals surface area contributed by atoms with Crippen LogP contribution < -0.4 is 16.0 Å². The van der Waals surface area contributed by atoms with Crippen molar-refractivity contribution in [2.24, 2.45) is 5.16 Å². The lowest BCUT2D eigenvalue weighted by atomic mass is 9.98. The first-order chi connectivity index (χ1) is 24.0. The second-order valence-corrected chi connectivity index (χ2v) is 17.3. The number of amides is 4. The summed E-state index contributed by atoms with van der Waals surface area (Å²) < 4.78 is 51.2. The molecule has 0 saturated carbocycles. The third kappa shape index (κ3) is 12.6. The van der Waals surface area contributed by atoms with Gasteiger partial charge in [0.05, 0.1) is 25.3 Å². The Hall–Kier alpha value is -4.90. The molecule has 2 aromatic heterocycles. The minimum atomic E-state index is -5.10. The van der Waals surface area contributed by atoms with Gasteiger partial charge in [0.25, 0.3) is 11.8 Å². The van der Waals surface area contributed by atoms with E-state index in [1.807, 2.05) is 0 Å². The summed E-state index contributed by atoms with van der Waals surface area (Å²) in [4.78, 5) is 73.7. The smallest absolute Gasteiger partial charge is 0.413 e. The van der Waals surface area contributed by atoms with E-state index in [9.17, 15) is 36.9 Å². The fraction of sp³-hybridized carbons (Fsp3) is 0.633. The van der Waals surface area contributed by atoms with Crippen molar-refractivity contribution >= 4 is 62.5 Å². The van der Waals surface area contributed by atoms with Gasteiger partial charge in [-0.05, 0) is 76.2 Å². The van der Waals surface area contributed by atoms with Gasteiger partial charge in [0.2, 0.25) is 5.60 Å². The summed E-state index contributed by atoms with van der Waals surface area (Å²) >= 11 is 0.882. The van der Waals surface area contributed by atoms with E-state index >= 15 is 0 Å². The van der Waals surface area contributed by atoms with E-state index in [0.717, 1.165) is 16.0 Å². The first kappa shape index (κ1) is 42.5. The largest absolute Gasteiger partial charge is 0.457 e. The van der Waals surface area contributed by atoms with E-state index < -0.39 is 87.0 Å². The van der Waals surface area contributed by atoms with E-state index in [-0.39, 0.29) is 27.4 Å². The van der Waals surface area contributed by atoms with E-state index in [1.165, 1.54) is 25.4 Å². The number of anilines is 1. The number of nitrogens with one attached hydrogen (secondary N) is 3. The number of aromatic nitrogens is 4. The van der Waals surface area contributed by atoms with Crippen LogP contribution in [0, 0.1) is 0 Å². The number of carbonyl (C=O) groups excluding carboxylic acids is 5. The first-order valence-electron chi connectivity index (χ1n) is 16.0. The van der Waals surface area contributed by atoms with E-state index in [4.69, 9.17) is 19.0 Å². The molecule has 1 saturated heterocycles. The van der Waals surface area contributed by atoms with Crippen LogP contribution in [-0.2, 0) is 56.8 Å². The van der Waals surface area contributed by atoms with Crippen LogP contribution in [0.5, 0.6) is 0 Å². The van der Waals surface area contributed by atoms with Crippen LogP contribution in [-0.4, -0.2) is 107 Å². The van der Waals surface area contributed by atoms with Crippen molar-refractivity contribution in [2.75, 3.05) is 5.32 Å². The minimum Gasteiger partial charge on any atom is -0.457 e. The molecule has 294 valence electrons. The minimum absolute atomic E-state index is 0.0144. The number of ether oxygens (including phenoxy) is 3. The summed E-state index contributed by atoms with van der Waals surface area (Å²) in [7, 11) is -5.10. The molecule has 53 heavy (non-hydrogen) atoms. The van der Waals surface area contributed by atoms with Crippen molar-refractivity contribution in [1.29, 1.82) is 0 Å². The normalized spacial score (nSPS) is 17.0. The van der Waals surface area contributed by atoms with Crippen molar-refractivity contribution in [3.05, 3.63) is 23.0 Å². The lowest BCUT2D eigenvalue weighted by Crippen LogP contribution is -2.73. The van der Waals surface area contributed by atoms with E-state index in [0.29, 0.717) is 0 Å². The van der Waals surface area contributed by atoms with Gasteiger partial charge in [-0.25, -0.2) is 28.4 Å². The number of hydrogen-bond acceptors (Lipinski definition) is 16. The third-order valence-electron chi connectivity index (χ3n) is 6.30. The summed E-state index contributed by atoms with van der Waals surface area (Å²) in [6.07, 6.45) is -0.218. The number of carbonyl (C=O) groups is 5. The van der Waals surface area contributed by atoms with Gasteiger partial charge in [-0.3, -0.25) is 19.5 Å². The molecule has 0 spiro atoms. The molecule has 3 heterocycles. The monoisotopic (exact) mass is 787 g/mol. The highest BCUT2D eigenvalue weighted by Crippen LogP contribution is 2.26. The van der Waals surface area contributed by atoms with Crippen molar-refractivity contribution < 1.29 is 56.0 Å². The average molecular weight is 788 g/mol. The van der Waals surface area contributed by atoms with Crippen LogP contribution >= 0.6 is 11.3 Å². The van der Waals surface area contributed by atoms with Gasteiger partial charge >= 0.3 is 28.5 Å². The molecule has 0 aromatic carbocycles. The summed E-state index contributed by atoms with van der Waals surface area (Å²) in [6.45, 7) is 17.1. The number of rotatable bonds is 12. The van der Waals surface area contributed by atoms with Gasteiger partial charge in [0, 0.05) is 5.38 Å². The summed E-state index contributed by atoms with van der Waals surface area (Å²) in [5, 5.41) is 20.3. The molecule has 0 radical (unpaired) electrons. The molecule has 23 heteroatoms. The average Bonchev–Trinajstić information content (AvgIpc) is 3.60. The fourth-order valence-electron chi connectivity index (χ4n) is 4.16. The molecule has 0 aliphatic carbocycles. The highest BCUT2D eigenvalue weighted by molar-refractivity contribution is 7.84. The van der Waals surface area contributed by atoms with Crippen LogP contribution in [0.2, 0.25) is 0 Å². The Balaban J connectivity index is 1.89. The molecule has 4 amide bonds. The molecule has 4 N–H and O–H groups in total. The maximum Gasteiger partial charge on any atom is 0.413 e. The SMILES string of the molecule is CC(C)(C)OC(=O)NCc1cn(C[C@@H]2[C@H](NC(=O)C(=NOC(C)(C)C(=O)OC(C)(C)C)c3csc(NC(=O)OC(C)(C)C)n3)C(=O)N2S(=O)(=O)O)nn1. The predicted octanol–water partition coefficient (Wildman–Crippen LogP) is 2.15. The second kappa shape index (κ2) is 15.6. The van der Waals surface area contributed by atoms with Crippen LogP contribution in [0.15, 0.2) is 16.7 Å². The fourth-order valence-corrected chi connectivity index (χ4v) is 5.71. The number of oxime groups is 1. The summed E-state index contributed by atoms with van der Waals surface area (Å²) in [6, 6.07) is -2.99. The predicted molar refractivity (Wildman–Crippen MR) is 187 cm³/mol. The summed E-state index contributed by atoms with van der Waals surface area (Å²) in [5.74, 6) is -3.14. The molecular weight excluding hydrogens is 743 g/mol. The molecule has 3 rings (SSSR count). The third-order valence-corrected chi connectivity index (χ3v) is 8.01. The lowest BCUT2D eigenvalue weighted by molar-refractivity contribution is -0.179. The van der Waals surface area contributed by atoms with Crippen LogP contribution in [0.4, 0.5) is 14.7 Å². The molecule has 2 atom stereocenters. The van der Waals surface area contributed by atoms with Gasteiger partial charge in [-0.2, -0.15) is 8.42 Å². The Bertz CT molecular complexity index is 1850. The van der Waals surface area contributed by atoms with Gasteiger partial charge in [-0.15, -0.1) is 16.4 Å². The molecule has 0 unspecified atom stereocenters. The van der Waals surface area contributed by atoms with E-state index in [1.54, 1.807) is 62.3 Å². The summed E-state index contributed by atoms with van der Waals surface area (Å²) in [5.41, 5.74) is -4.73. The zero-order valence-corrected chi connectivity index (χ0v) is 32.8. The van der Waals surface area contributed by atoms with Gasteiger partial charge in [-0.1, -0.05) is 10.4 Å². The highest BCUT2D eigenvalue weighted by atomic mass is 32.2. The molecule has 1 aliphatic rings. The van der Waals surface area contributed by atoms with Gasteiger partial charge < -0.3 is 29.7 Å². The van der Waals surface area contributed by atoms with Gasteiger partial charge in [0.1, 0.15) is 34.2 Å². The number of alkyl carbamates (subject to hydrolysis) is 1. The standard InChI is InChI=1S/C30H45N9O12S2/c1-27(2,3)48-23(42)30(10,11)51-36-19(17-15-52-24(32-17)34-26(44)50-29(7,8)9)21(40)33-20-18(39(22(20)41)53(45,46)47)14-38-13-16(35-37-38)12-31-25(43)49-28(4,5)6/h13,15,18,20H,12,14H2,1-11H3,(H,31,43)(H,33,40)(H,32,34,44)(H,45,46,47)/t18-,20+/m1/s1. The number of thiazole rings is 1. The molecular formula is C30H45N9O12S2. The van der Waals surface area contributed by atoms with Crippen molar-refractivity contribution in [2.45, 2.75) is 124 Å². The molecule has 1 aliphatic heterocycles. The number of hydrogen-bond donors (Lipinski definition) is 4. The lowest BCUT2D eigenvalue weighted by Gasteiger charge is -2.43. The zero-order valence-electron chi connectivity index (χ0n) is 31.2. The molecule has 2 aromatic rings. The molecule has 1 fully saturated rings. The Morgan fingerprint density at radius 1 is 0.943 bits per heavy atom. The highest BCUT2D eigenvalue weighted by Gasteiger charge is 2.54. The Kier molecular flexibility index (Phi) is 12.5. The van der Waals surface area contributed by atoms with E-state index in [2.05, 4.69) is 36.4 Å². The number of esters is 1. The van der Waals surface area contributed by atoms with Gasteiger partial charge in [0.15, 0.2) is 10.8 Å². The maximum atomic E-state index is 13.8. The second-order valence-electron chi connectivity index (χ2n) is 15.1. The van der Waals surface area contributed by atoms with Crippen LogP contribution in [0.1, 0.15) is 87.5 Å². The topological polar surface area (TPSA) is 272 Å². The quantitative estimate of drug-likeness (QED) is 0.0599. The molecule has 21 nitrogen and oxygen atoms in total. The Morgan fingerprint density at radius 2 is 1.53 bits per heavy atom. The number of β-lactam (4-membered cyclic amide) rings is 1. The Labute approximate surface area is 310 Å². The molecule has 0 bridgehead atoms. The first-order valence-corrected chi connectivity index (χ1v) is 18.3. The van der Waals surface area contributed by atoms with Crippen LogP contribution in [0.25, 0.3) is 0 Å². The van der Waals surface area contributed by atoms with Crippen molar-refractivity contribution in [1.82, 2.24) is 34.9 Å². The Morgan fingerprint density at radius 3 is 2.09 bits per heavy atom. The number of nitrogens with zero attached hydrogens (tertiary/aromatic N) is 6. The van der Waals surface area contributed by atoms with Crippen molar-refractivity contribution in [3.8, 4) is 0 Å². The maximum absolute atomic E-state index is 13.8. The van der Waals surface area contributed by atoms with Crippen LogP contribution in [0.3, 0.4) is 0 Å². The van der Waals surface area contributed by atoms with Crippen molar-refractivity contribution in [3.63, 3.8) is 0 Å².